The van der Waals surface area contributed by atoms with Crippen LogP contribution in [0.1, 0.15) is 18.1 Å². The molecule has 1 aliphatic heterocycles. The summed E-state index contributed by atoms with van der Waals surface area (Å²) in [6, 6.07) is 7.81. The minimum Gasteiger partial charge on any atom is -0.326 e. The number of hydrogen-bond acceptors (Lipinski definition) is 4. The third-order valence-electron chi connectivity index (χ3n) is 4.03. The zero-order chi connectivity index (χ0) is 16.4. The minimum absolute atomic E-state index is 0.0440. The smallest absolute Gasteiger partial charge is 0.257 e. The van der Waals surface area contributed by atoms with Crippen LogP contribution in [0.5, 0.6) is 0 Å². The average Bonchev–Trinajstić information content (AvgIpc) is 2.58. The molecule has 1 aliphatic rings. The lowest BCUT2D eigenvalue weighted by atomic mass is 10.1. The summed E-state index contributed by atoms with van der Waals surface area (Å²) in [6.45, 7) is 4.19. The van der Waals surface area contributed by atoms with Crippen LogP contribution in [-0.4, -0.2) is 21.2 Å². The first-order valence-electron chi connectivity index (χ1n) is 7.68. The second-order valence-electron chi connectivity index (χ2n) is 5.65. The number of carbonyl (C=O) groups is 1. The van der Waals surface area contributed by atoms with E-state index in [9.17, 15) is 9.59 Å². The van der Waals surface area contributed by atoms with Crippen LogP contribution in [0.4, 0.5) is 5.69 Å². The van der Waals surface area contributed by atoms with Gasteiger partial charge in [0.1, 0.15) is 0 Å². The highest BCUT2D eigenvalue weighted by atomic mass is 32.2. The highest BCUT2D eigenvalue weighted by Gasteiger charge is 2.27. The maximum Gasteiger partial charge on any atom is 0.257 e. The van der Waals surface area contributed by atoms with E-state index in [1.807, 2.05) is 24.3 Å². The van der Waals surface area contributed by atoms with Gasteiger partial charge in [-0.2, -0.15) is 0 Å². The molecular weight excluding hydrogens is 310 g/mol. The van der Waals surface area contributed by atoms with Gasteiger partial charge in [0.25, 0.3) is 5.56 Å². The highest BCUT2D eigenvalue weighted by Crippen LogP contribution is 2.26. The van der Waals surface area contributed by atoms with Crippen molar-refractivity contribution in [2.24, 2.45) is 5.92 Å². The number of hydrogen-bond donors (Lipinski definition) is 1. The van der Waals surface area contributed by atoms with Gasteiger partial charge < -0.3 is 5.32 Å². The Morgan fingerprint density at radius 1 is 1.43 bits per heavy atom. The van der Waals surface area contributed by atoms with Crippen molar-refractivity contribution in [2.75, 3.05) is 11.1 Å². The van der Waals surface area contributed by atoms with Crippen molar-refractivity contribution < 1.29 is 4.79 Å². The van der Waals surface area contributed by atoms with Crippen molar-refractivity contribution >= 4 is 23.4 Å². The number of nitrogens with zero attached hydrogens (tertiary/aromatic N) is 2. The van der Waals surface area contributed by atoms with Crippen LogP contribution < -0.4 is 10.9 Å². The molecule has 1 atom stereocenters. The molecule has 0 saturated heterocycles. The van der Waals surface area contributed by atoms with Crippen molar-refractivity contribution in [3.05, 3.63) is 51.9 Å². The van der Waals surface area contributed by atoms with E-state index in [2.05, 4.69) is 17.2 Å². The number of benzene rings is 1. The summed E-state index contributed by atoms with van der Waals surface area (Å²) in [6.07, 6.45) is 2.46. The van der Waals surface area contributed by atoms with Crippen LogP contribution in [0, 0.1) is 12.8 Å². The maximum absolute atomic E-state index is 12.6. The quantitative estimate of drug-likeness (QED) is 0.879. The Hall–Kier alpha value is -2.08. The van der Waals surface area contributed by atoms with Gasteiger partial charge in [-0.15, -0.1) is 0 Å². The van der Waals surface area contributed by atoms with E-state index in [-0.39, 0.29) is 17.4 Å². The number of anilines is 1. The van der Waals surface area contributed by atoms with E-state index in [1.54, 1.807) is 17.7 Å². The van der Waals surface area contributed by atoms with Crippen molar-refractivity contribution in [1.29, 1.82) is 0 Å². The molecular formula is C17H19N3O2S. The standard InChI is InChI=1S/C17H19N3O2S/c1-3-12-6-4-5-7-14(12)19-15(21)13-9-20-16(22)11(2)8-18-17(20)23-10-13/h4-8,13H,3,9-10H2,1-2H3,(H,19,21). The summed E-state index contributed by atoms with van der Waals surface area (Å²) in [5.41, 5.74) is 2.51. The fourth-order valence-electron chi connectivity index (χ4n) is 2.65. The lowest BCUT2D eigenvalue weighted by molar-refractivity contribution is -0.119. The molecule has 1 amide bonds. The molecule has 1 aromatic heterocycles. The number of aryl methyl sites for hydroxylation is 2. The summed E-state index contributed by atoms with van der Waals surface area (Å²) in [7, 11) is 0. The first-order chi connectivity index (χ1) is 11.1. The number of para-hydroxylation sites is 1. The molecule has 1 N–H and O–H groups in total. The molecule has 0 saturated carbocycles. The van der Waals surface area contributed by atoms with Crippen LogP contribution in [0.15, 0.2) is 40.4 Å². The van der Waals surface area contributed by atoms with Gasteiger partial charge in [0, 0.05) is 29.7 Å². The van der Waals surface area contributed by atoms with Crippen molar-refractivity contribution in [3.63, 3.8) is 0 Å². The van der Waals surface area contributed by atoms with E-state index in [4.69, 9.17) is 0 Å². The van der Waals surface area contributed by atoms with Gasteiger partial charge in [-0.25, -0.2) is 4.98 Å². The number of amides is 1. The Bertz CT molecular complexity index is 801. The molecule has 6 heteroatoms. The fourth-order valence-corrected chi connectivity index (χ4v) is 3.69. The predicted octanol–water partition coefficient (Wildman–Crippen LogP) is 2.47. The summed E-state index contributed by atoms with van der Waals surface area (Å²) < 4.78 is 1.61. The zero-order valence-corrected chi connectivity index (χ0v) is 14.0. The van der Waals surface area contributed by atoms with Gasteiger partial charge >= 0.3 is 0 Å². The topological polar surface area (TPSA) is 64.0 Å². The summed E-state index contributed by atoms with van der Waals surface area (Å²) in [5, 5.41) is 3.70. The van der Waals surface area contributed by atoms with E-state index in [0.29, 0.717) is 23.0 Å². The van der Waals surface area contributed by atoms with Crippen molar-refractivity contribution in [3.8, 4) is 0 Å². The van der Waals surface area contributed by atoms with Crippen molar-refractivity contribution in [2.45, 2.75) is 32.0 Å². The first-order valence-corrected chi connectivity index (χ1v) is 8.66. The maximum atomic E-state index is 12.6. The average molecular weight is 329 g/mol. The predicted molar refractivity (Wildman–Crippen MR) is 91.9 cm³/mol. The molecule has 0 bridgehead atoms. The van der Waals surface area contributed by atoms with Crippen LogP contribution >= 0.6 is 11.8 Å². The molecule has 0 radical (unpaired) electrons. The Morgan fingerprint density at radius 3 is 3.00 bits per heavy atom. The van der Waals surface area contributed by atoms with Gasteiger partial charge in [0.2, 0.25) is 5.91 Å². The van der Waals surface area contributed by atoms with Crippen molar-refractivity contribution in [1.82, 2.24) is 9.55 Å². The Morgan fingerprint density at radius 2 is 2.22 bits per heavy atom. The molecule has 0 spiro atoms. The SMILES string of the molecule is CCc1ccccc1NC(=O)C1CSc2ncc(C)c(=O)n2C1. The summed E-state index contributed by atoms with van der Waals surface area (Å²) >= 11 is 1.46. The molecule has 0 fully saturated rings. The molecule has 2 aromatic rings. The second kappa shape index (κ2) is 6.58. The van der Waals surface area contributed by atoms with Crippen LogP contribution in [0.25, 0.3) is 0 Å². The normalized spacial score (nSPS) is 16.7. The Kier molecular flexibility index (Phi) is 4.52. The lowest BCUT2D eigenvalue weighted by Crippen LogP contribution is -2.37. The molecule has 5 nitrogen and oxygen atoms in total. The number of fused-ring (bicyclic) bond motifs is 1. The molecule has 2 heterocycles. The van der Waals surface area contributed by atoms with E-state index in [0.717, 1.165) is 17.7 Å². The van der Waals surface area contributed by atoms with Gasteiger partial charge in [-0.3, -0.25) is 14.2 Å². The largest absolute Gasteiger partial charge is 0.326 e. The first kappa shape index (κ1) is 15.8. The number of aromatic nitrogens is 2. The van der Waals surface area contributed by atoms with Crippen LogP contribution in [0.2, 0.25) is 0 Å². The number of nitrogens with one attached hydrogen (secondary N) is 1. The molecule has 120 valence electrons. The van der Waals surface area contributed by atoms with Crippen LogP contribution in [-0.2, 0) is 17.8 Å². The van der Waals surface area contributed by atoms with Gasteiger partial charge in [-0.05, 0) is 25.0 Å². The number of thioether (sulfide) groups is 1. The fraction of sp³-hybridized carbons (Fsp3) is 0.353. The minimum atomic E-state index is -0.237. The van der Waals surface area contributed by atoms with Gasteiger partial charge in [0.15, 0.2) is 5.16 Å². The third-order valence-corrected chi connectivity index (χ3v) is 5.18. The van der Waals surface area contributed by atoms with E-state index >= 15 is 0 Å². The zero-order valence-electron chi connectivity index (χ0n) is 13.2. The molecule has 3 rings (SSSR count). The summed E-state index contributed by atoms with van der Waals surface area (Å²) in [4.78, 5) is 29.1. The molecule has 0 aliphatic carbocycles. The number of rotatable bonds is 3. The molecule has 23 heavy (non-hydrogen) atoms. The van der Waals surface area contributed by atoms with Gasteiger partial charge in [0.05, 0.1) is 5.92 Å². The van der Waals surface area contributed by atoms with E-state index < -0.39 is 0 Å². The summed E-state index contributed by atoms with van der Waals surface area (Å²) in [5.74, 6) is 0.353. The second-order valence-corrected chi connectivity index (χ2v) is 6.63. The third kappa shape index (κ3) is 3.17. The van der Waals surface area contributed by atoms with Crippen LogP contribution in [0.3, 0.4) is 0 Å². The van der Waals surface area contributed by atoms with E-state index in [1.165, 1.54) is 11.8 Å². The Labute approximate surface area is 139 Å². The number of carbonyl (C=O) groups excluding carboxylic acids is 1. The monoisotopic (exact) mass is 329 g/mol. The Balaban J connectivity index is 1.79. The molecule has 1 aromatic carbocycles. The molecule has 1 unspecified atom stereocenters. The highest BCUT2D eigenvalue weighted by molar-refractivity contribution is 7.99. The lowest BCUT2D eigenvalue weighted by Gasteiger charge is -2.24. The van der Waals surface area contributed by atoms with Gasteiger partial charge in [-0.1, -0.05) is 36.9 Å².